The number of rotatable bonds is 5. The van der Waals surface area contributed by atoms with Gasteiger partial charge in [0, 0.05) is 37.4 Å². The molecule has 1 aromatic rings. The maximum Gasteiger partial charge on any atom is 0.483 e. The third-order valence-electron chi connectivity index (χ3n) is 4.24. The average molecular weight is 352 g/mol. The van der Waals surface area contributed by atoms with Gasteiger partial charge < -0.3 is 18.3 Å². The molecule has 0 aromatic heterocycles. The summed E-state index contributed by atoms with van der Waals surface area (Å²) in [5, 5.41) is 0.693. The van der Waals surface area contributed by atoms with Crippen LogP contribution in [0.1, 0.15) is 46.6 Å². The summed E-state index contributed by atoms with van der Waals surface area (Å²) in [7, 11) is -2.63. The number of carbonyl (C=O) groups excluding carboxylic acids is 2. The predicted molar refractivity (Wildman–Crippen MR) is 90.0 cm³/mol. The fraction of sp³-hybridized carbons (Fsp3) is 0.529. The molecule has 0 bridgehead atoms. The van der Waals surface area contributed by atoms with Crippen molar-refractivity contribution in [2.75, 3.05) is 0 Å². The van der Waals surface area contributed by atoms with Crippen molar-refractivity contribution in [1.29, 1.82) is 0 Å². The predicted octanol–water partition coefficient (Wildman–Crippen LogP) is 1.91. The molecule has 0 spiro atoms. The van der Waals surface area contributed by atoms with Gasteiger partial charge in [-0.1, -0.05) is 19.9 Å². The molecule has 6 nitrogen and oxygen atoms in total. The van der Waals surface area contributed by atoms with Gasteiger partial charge in [0.2, 0.25) is 5.79 Å². The molecule has 1 aliphatic rings. The van der Waals surface area contributed by atoms with Crippen molar-refractivity contribution in [2.24, 2.45) is 5.92 Å². The molecule has 0 N–H and O–H groups in total. The molecule has 7 heteroatoms. The molecule has 0 saturated heterocycles. The zero-order valence-electron chi connectivity index (χ0n) is 14.8. The molecule has 0 amide bonds. The van der Waals surface area contributed by atoms with Crippen molar-refractivity contribution in [3.8, 4) is 5.75 Å². The Morgan fingerprint density at radius 1 is 1.29 bits per heavy atom. The highest BCUT2D eigenvalue weighted by molar-refractivity contribution is 6.64. The molecule has 1 aliphatic heterocycles. The van der Waals surface area contributed by atoms with Crippen LogP contribution in [0.3, 0.4) is 0 Å². The summed E-state index contributed by atoms with van der Waals surface area (Å²) in [6.45, 7) is 9.11. The van der Waals surface area contributed by atoms with Crippen LogP contribution in [0.2, 0.25) is 0 Å². The lowest BCUT2D eigenvalue weighted by Gasteiger charge is -2.39. The van der Waals surface area contributed by atoms with Crippen LogP contribution < -0.4 is 9.92 Å². The lowest BCUT2D eigenvalue weighted by atomic mass is 9.98. The minimum absolute atomic E-state index is 0.245. The Hall–Kier alpha value is -1.86. The monoisotopic (exact) mass is 352 g/mol. The molecule has 1 aromatic carbocycles. The third-order valence-corrected chi connectivity index (χ3v) is 6.23. The van der Waals surface area contributed by atoms with Crippen LogP contribution in [-0.2, 0) is 29.8 Å². The Labute approximate surface area is 143 Å². The van der Waals surface area contributed by atoms with Gasteiger partial charge in [0.25, 0.3) is 11.9 Å². The van der Waals surface area contributed by atoms with Crippen LogP contribution >= 0.6 is 0 Å². The van der Waals surface area contributed by atoms with E-state index in [1.165, 1.54) is 13.8 Å². The smallest absolute Gasteiger partial charge is 0.483 e. The topological polar surface area (TPSA) is 71.1 Å². The molecule has 2 rings (SSSR count). The van der Waals surface area contributed by atoms with Gasteiger partial charge in [0.05, 0.1) is 6.61 Å². The number of hydrogen-bond donors (Lipinski definition) is 0. The van der Waals surface area contributed by atoms with Crippen LogP contribution in [0.4, 0.5) is 0 Å². The lowest BCUT2D eigenvalue weighted by molar-refractivity contribution is -0.223. The number of hydrogen-bond acceptors (Lipinski definition) is 6. The largest absolute Gasteiger partial charge is 0.484 e. The van der Waals surface area contributed by atoms with Gasteiger partial charge in [-0.3, -0.25) is 9.59 Å². The fourth-order valence-corrected chi connectivity index (χ4v) is 4.02. The standard InChI is InChI=1S/C17H24O6Si/c1-6-11(2)17(5)20-10-14-9-15(7-8-16(14)21-17)24(22-12(3)18)23-13(4)19/h7-9,11,24H,6,10H2,1-5H3. The SMILES string of the molecule is CCC(C)C1(C)OCc2cc([SiH](OC(C)=O)OC(C)=O)ccc2O1. The van der Waals surface area contributed by atoms with Crippen LogP contribution in [0.5, 0.6) is 5.75 Å². The first kappa shape index (κ1) is 18.5. The van der Waals surface area contributed by atoms with Crippen molar-refractivity contribution in [3.63, 3.8) is 0 Å². The molecule has 0 aliphatic carbocycles. The average Bonchev–Trinajstić information content (AvgIpc) is 2.52. The number of fused-ring (bicyclic) bond motifs is 1. The molecule has 1 heterocycles. The van der Waals surface area contributed by atoms with Gasteiger partial charge in [0.15, 0.2) is 0 Å². The summed E-state index contributed by atoms with van der Waals surface area (Å²) in [4.78, 5) is 22.5. The second-order valence-corrected chi connectivity index (χ2v) is 7.94. The molecule has 0 saturated carbocycles. The van der Waals surface area contributed by atoms with E-state index in [4.69, 9.17) is 18.3 Å². The van der Waals surface area contributed by atoms with Crippen LogP contribution in [0, 0.1) is 5.92 Å². The van der Waals surface area contributed by atoms with Crippen molar-refractivity contribution in [2.45, 2.75) is 53.4 Å². The Bertz CT molecular complexity index is 616. The summed E-state index contributed by atoms with van der Waals surface area (Å²) in [6.07, 6.45) is 0.942. The van der Waals surface area contributed by atoms with E-state index in [9.17, 15) is 9.59 Å². The molecular formula is C17H24O6Si. The van der Waals surface area contributed by atoms with E-state index in [-0.39, 0.29) is 5.92 Å². The number of benzene rings is 1. The van der Waals surface area contributed by atoms with Crippen molar-refractivity contribution >= 4 is 26.4 Å². The molecule has 0 radical (unpaired) electrons. The minimum Gasteiger partial charge on any atom is -0.484 e. The van der Waals surface area contributed by atoms with Gasteiger partial charge >= 0.3 is 9.28 Å². The second-order valence-electron chi connectivity index (χ2n) is 6.13. The fourth-order valence-electron chi connectivity index (χ4n) is 2.50. The Morgan fingerprint density at radius 3 is 2.46 bits per heavy atom. The highest BCUT2D eigenvalue weighted by Gasteiger charge is 2.38. The highest BCUT2D eigenvalue weighted by atomic mass is 28.3. The van der Waals surface area contributed by atoms with Gasteiger partial charge in [-0.05, 0) is 18.6 Å². The molecular weight excluding hydrogens is 328 g/mol. The van der Waals surface area contributed by atoms with Crippen LogP contribution in [-0.4, -0.2) is 27.0 Å². The van der Waals surface area contributed by atoms with E-state index >= 15 is 0 Å². The number of ether oxygens (including phenoxy) is 2. The van der Waals surface area contributed by atoms with E-state index in [2.05, 4.69) is 13.8 Å². The summed E-state index contributed by atoms with van der Waals surface area (Å²) >= 11 is 0. The van der Waals surface area contributed by atoms with E-state index in [1.807, 2.05) is 19.1 Å². The quantitative estimate of drug-likeness (QED) is 0.754. The first-order chi connectivity index (χ1) is 11.2. The Morgan fingerprint density at radius 2 is 1.92 bits per heavy atom. The molecule has 132 valence electrons. The summed E-state index contributed by atoms with van der Waals surface area (Å²) < 4.78 is 22.4. The molecule has 2 atom stereocenters. The summed E-state index contributed by atoms with van der Waals surface area (Å²) in [6, 6.07) is 5.43. The van der Waals surface area contributed by atoms with E-state index < -0.39 is 27.0 Å². The third kappa shape index (κ3) is 4.15. The van der Waals surface area contributed by atoms with Gasteiger partial charge in [-0.25, -0.2) is 0 Å². The first-order valence-corrected chi connectivity index (χ1v) is 9.57. The van der Waals surface area contributed by atoms with E-state index in [0.29, 0.717) is 11.8 Å². The maximum atomic E-state index is 11.3. The normalized spacial score (nSPS) is 20.8. The Balaban J connectivity index is 2.25. The summed E-state index contributed by atoms with van der Waals surface area (Å²) in [5.74, 6) is -0.614. The van der Waals surface area contributed by atoms with Crippen LogP contribution in [0.25, 0.3) is 0 Å². The van der Waals surface area contributed by atoms with Gasteiger partial charge in [-0.15, -0.1) is 0 Å². The molecule has 24 heavy (non-hydrogen) atoms. The highest BCUT2D eigenvalue weighted by Crippen LogP contribution is 2.36. The zero-order valence-corrected chi connectivity index (χ0v) is 15.9. The van der Waals surface area contributed by atoms with Crippen molar-refractivity contribution < 1.29 is 27.9 Å². The van der Waals surface area contributed by atoms with Crippen LogP contribution in [0.15, 0.2) is 18.2 Å². The van der Waals surface area contributed by atoms with E-state index in [1.54, 1.807) is 6.07 Å². The second kappa shape index (κ2) is 7.35. The van der Waals surface area contributed by atoms with Crippen molar-refractivity contribution in [1.82, 2.24) is 0 Å². The maximum absolute atomic E-state index is 11.3. The zero-order chi connectivity index (χ0) is 17.9. The van der Waals surface area contributed by atoms with Gasteiger partial charge in [0.1, 0.15) is 5.75 Å². The Kier molecular flexibility index (Phi) is 5.66. The minimum atomic E-state index is -2.63. The molecule has 2 unspecified atom stereocenters. The van der Waals surface area contributed by atoms with E-state index in [0.717, 1.165) is 17.7 Å². The number of carbonyl (C=O) groups is 2. The summed E-state index contributed by atoms with van der Waals surface area (Å²) in [5.41, 5.74) is 0.852. The first-order valence-electron chi connectivity index (χ1n) is 8.05. The molecule has 0 fully saturated rings. The van der Waals surface area contributed by atoms with Gasteiger partial charge in [-0.2, -0.15) is 0 Å². The van der Waals surface area contributed by atoms with Crippen molar-refractivity contribution in [3.05, 3.63) is 23.8 Å². The lowest BCUT2D eigenvalue weighted by Crippen LogP contribution is -2.45.